The number of hydrogen-bond donors (Lipinski definition) is 1. The lowest BCUT2D eigenvalue weighted by Gasteiger charge is -2.16. The van der Waals surface area contributed by atoms with E-state index in [1.54, 1.807) is 34.6 Å². The first-order valence-electron chi connectivity index (χ1n) is 8.66. The van der Waals surface area contributed by atoms with E-state index in [0.717, 1.165) is 4.90 Å². The molecule has 1 N–H and O–H groups in total. The van der Waals surface area contributed by atoms with Crippen LogP contribution in [0.5, 0.6) is 0 Å². The number of carbonyl (C=O) groups is 5. The summed E-state index contributed by atoms with van der Waals surface area (Å²) in [6, 6.07) is -0.824. The molecule has 0 spiro atoms. The van der Waals surface area contributed by atoms with Gasteiger partial charge in [-0.25, -0.2) is 14.5 Å². The highest BCUT2D eigenvalue weighted by Gasteiger charge is 2.45. The number of urea groups is 1. The third-order valence-electron chi connectivity index (χ3n) is 4.12. The molecular weight excluding hydrogens is 354 g/mol. The Morgan fingerprint density at radius 2 is 1.56 bits per heavy atom. The fraction of sp³-hybridized carbons (Fsp3) is 0.500. The molecule has 1 fully saturated rings. The van der Waals surface area contributed by atoms with Crippen molar-refractivity contribution in [3.05, 3.63) is 22.5 Å². The second kappa shape index (κ2) is 7.73. The quantitative estimate of drug-likeness (QED) is 0.333. The Hall–Kier alpha value is -2.97. The van der Waals surface area contributed by atoms with E-state index >= 15 is 0 Å². The summed E-state index contributed by atoms with van der Waals surface area (Å²) in [6.45, 7) is 8.07. The van der Waals surface area contributed by atoms with Crippen molar-refractivity contribution in [2.24, 2.45) is 5.92 Å². The Kier molecular flexibility index (Phi) is 5.82. The van der Waals surface area contributed by atoms with Crippen LogP contribution >= 0.6 is 0 Å². The van der Waals surface area contributed by atoms with Crippen LogP contribution in [0.2, 0.25) is 0 Å². The van der Waals surface area contributed by atoms with Gasteiger partial charge in [0.25, 0.3) is 0 Å². The molecule has 0 radical (unpaired) electrons. The summed E-state index contributed by atoms with van der Waals surface area (Å²) < 4.78 is 4.98. The molecule has 1 aromatic heterocycles. The Labute approximate surface area is 156 Å². The van der Waals surface area contributed by atoms with Gasteiger partial charge in [0.1, 0.15) is 0 Å². The van der Waals surface area contributed by atoms with Gasteiger partial charge in [-0.3, -0.25) is 19.3 Å². The maximum absolute atomic E-state index is 12.8. The van der Waals surface area contributed by atoms with Crippen molar-refractivity contribution < 1.29 is 28.7 Å². The van der Waals surface area contributed by atoms with E-state index in [0.29, 0.717) is 16.3 Å². The molecular formula is C18H23N3O6. The number of Topliss-reactive ketones (excluding diaryl/α,β-unsaturated/α-hetero) is 1. The number of ether oxygens (including phenoxy) is 1. The number of ketones is 1. The molecule has 2 rings (SSSR count). The average molecular weight is 377 g/mol. The fourth-order valence-electron chi connectivity index (χ4n) is 3.03. The minimum Gasteiger partial charge on any atom is -0.462 e. The molecule has 0 saturated carbocycles. The van der Waals surface area contributed by atoms with Gasteiger partial charge in [-0.15, -0.1) is 0 Å². The molecule has 4 amide bonds. The topological polar surface area (TPSA) is 117 Å². The van der Waals surface area contributed by atoms with Crippen LogP contribution in [-0.4, -0.2) is 64.1 Å². The first-order chi connectivity index (χ1) is 12.6. The van der Waals surface area contributed by atoms with Crippen molar-refractivity contribution in [2.75, 3.05) is 19.7 Å². The van der Waals surface area contributed by atoms with Crippen molar-refractivity contribution in [3.63, 3.8) is 0 Å². The lowest BCUT2D eigenvalue weighted by Crippen LogP contribution is -2.38. The lowest BCUT2D eigenvalue weighted by atomic mass is 10.0. The molecule has 9 heteroatoms. The molecule has 0 atom stereocenters. The Morgan fingerprint density at radius 3 is 2.11 bits per heavy atom. The van der Waals surface area contributed by atoms with Gasteiger partial charge >= 0.3 is 23.8 Å². The summed E-state index contributed by atoms with van der Waals surface area (Å²) in [4.78, 5) is 65.9. The third kappa shape index (κ3) is 3.76. The number of H-pyrrole nitrogens is 1. The van der Waals surface area contributed by atoms with Gasteiger partial charge < -0.3 is 9.72 Å². The van der Waals surface area contributed by atoms with Gasteiger partial charge in [-0.1, -0.05) is 13.8 Å². The van der Waals surface area contributed by atoms with Crippen LogP contribution in [0.15, 0.2) is 0 Å². The van der Waals surface area contributed by atoms with Crippen molar-refractivity contribution in [1.29, 1.82) is 0 Å². The van der Waals surface area contributed by atoms with Crippen LogP contribution in [-0.2, 0) is 14.3 Å². The van der Waals surface area contributed by atoms with Crippen LogP contribution in [0.3, 0.4) is 0 Å². The smallest absolute Gasteiger partial charge is 0.340 e. The summed E-state index contributed by atoms with van der Waals surface area (Å²) in [5, 5.41) is 0. The molecule has 1 aliphatic rings. The molecule has 146 valence electrons. The normalized spacial score (nSPS) is 14.5. The van der Waals surface area contributed by atoms with Crippen LogP contribution in [0, 0.1) is 19.8 Å². The van der Waals surface area contributed by atoms with E-state index in [4.69, 9.17) is 4.74 Å². The number of nitrogens with one attached hydrogen (secondary N) is 1. The molecule has 1 aromatic rings. The van der Waals surface area contributed by atoms with E-state index in [1.807, 2.05) is 0 Å². The number of rotatable bonds is 7. The number of esters is 1. The van der Waals surface area contributed by atoms with E-state index in [2.05, 4.69) is 4.98 Å². The zero-order chi connectivity index (χ0) is 20.5. The van der Waals surface area contributed by atoms with Crippen LogP contribution < -0.4 is 0 Å². The number of aromatic nitrogens is 1. The molecule has 27 heavy (non-hydrogen) atoms. The monoisotopic (exact) mass is 377 g/mol. The van der Waals surface area contributed by atoms with Crippen molar-refractivity contribution >= 4 is 29.6 Å². The molecule has 1 saturated heterocycles. The molecule has 2 heterocycles. The minimum atomic E-state index is -1.04. The van der Waals surface area contributed by atoms with Gasteiger partial charge in [0.05, 0.1) is 24.3 Å². The van der Waals surface area contributed by atoms with Crippen LogP contribution in [0.1, 0.15) is 52.9 Å². The SMILES string of the molecule is CCOC(=O)c1c(C)[nH]c(C)c1C(=O)CN1C(=O)C(=O)N(CC(C)C)C1=O. The predicted molar refractivity (Wildman–Crippen MR) is 94.2 cm³/mol. The summed E-state index contributed by atoms with van der Waals surface area (Å²) in [6.07, 6.45) is 0. The highest BCUT2D eigenvalue weighted by molar-refractivity contribution is 6.45. The first-order valence-corrected chi connectivity index (χ1v) is 8.66. The highest BCUT2D eigenvalue weighted by atomic mass is 16.5. The average Bonchev–Trinajstić information content (AvgIpc) is 2.98. The van der Waals surface area contributed by atoms with Crippen LogP contribution in [0.4, 0.5) is 4.79 Å². The number of imide groups is 2. The molecule has 1 aliphatic heterocycles. The van der Waals surface area contributed by atoms with Gasteiger partial charge in [-0.2, -0.15) is 0 Å². The van der Waals surface area contributed by atoms with Crippen molar-refractivity contribution in [2.45, 2.75) is 34.6 Å². The number of aromatic amines is 1. The van der Waals surface area contributed by atoms with Gasteiger partial charge in [0, 0.05) is 17.9 Å². The highest BCUT2D eigenvalue weighted by Crippen LogP contribution is 2.22. The van der Waals surface area contributed by atoms with Gasteiger partial charge in [-0.05, 0) is 26.7 Å². The molecule has 0 bridgehead atoms. The predicted octanol–water partition coefficient (Wildman–Crippen LogP) is 1.44. The Bertz CT molecular complexity index is 823. The molecule has 0 aromatic carbocycles. The van der Waals surface area contributed by atoms with Crippen LogP contribution in [0.25, 0.3) is 0 Å². The Balaban J connectivity index is 2.30. The standard InChI is InChI=1S/C18H23N3O6/c1-6-27-17(25)14-11(5)19-10(4)13(14)12(22)8-21-16(24)15(23)20(18(21)26)7-9(2)3/h9,19H,6-8H2,1-5H3. The first kappa shape index (κ1) is 20.3. The van der Waals surface area contributed by atoms with E-state index in [9.17, 15) is 24.0 Å². The molecule has 0 unspecified atom stereocenters. The summed E-state index contributed by atoms with van der Waals surface area (Å²) >= 11 is 0. The van der Waals surface area contributed by atoms with Crippen molar-refractivity contribution in [1.82, 2.24) is 14.8 Å². The molecule has 9 nitrogen and oxygen atoms in total. The number of carbonyl (C=O) groups excluding carboxylic acids is 5. The summed E-state index contributed by atoms with van der Waals surface area (Å²) in [7, 11) is 0. The largest absolute Gasteiger partial charge is 0.462 e. The third-order valence-corrected chi connectivity index (χ3v) is 4.12. The molecule has 0 aliphatic carbocycles. The van der Waals surface area contributed by atoms with E-state index < -0.39 is 36.1 Å². The Morgan fingerprint density at radius 1 is 1.00 bits per heavy atom. The zero-order valence-corrected chi connectivity index (χ0v) is 16.0. The summed E-state index contributed by atoms with van der Waals surface area (Å²) in [5.41, 5.74) is 1.00. The lowest BCUT2D eigenvalue weighted by molar-refractivity contribution is -0.143. The maximum atomic E-state index is 12.8. The van der Waals surface area contributed by atoms with Gasteiger partial charge in [0.15, 0.2) is 5.78 Å². The zero-order valence-electron chi connectivity index (χ0n) is 16.0. The fourth-order valence-corrected chi connectivity index (χ4v) is 3.03. The number of hydrogen-bond acceptors (Lipinski definition) is 6. The second-order valence-electron chi connectivity index (χ2n) is 6.75. The van der Waals surface area contributed by atoms with Crippen molar-refractivity contribution in [3.8, 4) is 0 Å². The number of aryl methyl sites for hydroxylation is 2. The van der Waals surface area contributed by atoms with E-state index in [-0.39, 0.29) is 30.2 Å². The number of amides is 4. The van der Waals surface area contributed by atoms with E-state index in [1.165, 1.54) is 0 Å². The maximum Gasteiger partial charge on any atom is 0.340 e. The minimum absolute atomic E-state index is 0.0219. The second-order valence-corrected chi connectivity index (χ2v) is 6.75. The van der Waals surface area contributed by atoms with Gasteiger partial charge in [0.2, 0.25) is 0 Å². The number of nitrogens with zero attached hydrogens (tertiary/aromatic N) is 2. The summed E-state index contributed by atoms with van der Waals surface area (Å²) in [5.74, 6) is -3.31.